The third-order valence-electron chi connectivity index (χ3n) is 2.59. The monoisotopic (exact) mass is 291 g/mol. The Hall–Kier alpha value is -1.60. The fraction of sp³-hybridized carbons (Fsp3) is 0.250. The number of para-hydroxylation sites is 1. The van der Waals surface area contributed by atoms with Gasteiger partial charge in [0.15, 0.2) is 0 Å². The van der Waals surface area contributed by atoms with E-state index in [2.05, 4.69) is 33.2 Å². The van der Waals surface area contributed by atoms with E-state index in [1.54, 1.807) is 23.1 Å². The van der Waals surface area contributed by atoms with Crippen molar-refractivity contribution < 1.29 is 0 Å². The molecule has 0 spiro atoms. The zero-order chi connectivity index (χ0) is 13.2. The van der Waals surface area contributed by atoms with Crippen molar-refractivity contribution in [3.63, 3.8) is 0 Å². The second-order valence-corrected chi connectivity index (χ2v) is 6.73. The molecule has 0 amide bonds. The molecule has 1 atom stereocenters. The average Bonchev–Trinajstić information content (AvgIpc) is 2.94. The van der Waals surface area contributed by atoms with Crippen molar-refractivity contribution >= 4 is 39.3 Å². The van der Waals surface area contributed by atoms with Gasteiger partial charge in [-0.15, -0.1) is 16.4 Å². The highest BCUT2D eigenvalue weighted by molar-refractivity contribution is 7.99. The SMILES string of the molecule is C[C@H](Cc1nc2ccccc2s1)Sc1n[nH]c(N)n1. The lowest BCUT2D eigenvalue weighted by atomic mass is 10.3. The maximum absolute atomic E-state index is 5.51. The van der Waals surface area contributed by atoms with Crippen LogP contribution in [0.25, 0.3) is 10.2 Å². The molecule has 2 aromatic heterocycles. The third kappa shape index (κ3) is 2.87. The van der Waals surface area contributed by atoms with Crippen LogP contribution in [-0.2, 0) is 6.42 Å². The second kappa shape index (κ2) is 5.18. The van der Waals surface area contributed by atoms with E-state index in [0.717, 1.165) is 16.9 Å². The van der Waals surface area contributed by atoms with Gasteiger partial charge in [-0.25, -0.2) is 10.1 Å². The van der Waals surface area contributed by atoms with Crippen LogP contribution in [0.4, 0.5) is 5.95 Å². The number of anilines is 1. The summed E-state index contributed by atoms with van der Waals surface area (Å²) < 4.78 is 1.23. The van der Waals surface area contributed by atoms with E-state index in [9.17, 15) is 0 Å². The minimum atomic E-state index is 0.356. The molecule has 0 aliphatic heterocycles. The lowest BCUT2D eigenvalue weighted by molar-refractivity contribution is 0.908. The fourth-order valence-corrected chi connectivity index (χ4v) is 3.84. The minimum absolute atomic E-state index is 0.356. The molecule has 1 aromatic carbocycles. The van der Waals surface area contributed by atoms with Gasteiger partial charge in [0, 0.05) is 11.7 Å². The van der Waals surface area contributed by atoms with Crippen LogP contribution in [0.5, 0.6) is 0 Å². The normalized spacial score (nSPS) is 12.9. The Kier molecular flexibility index (Phi) is 3.39. The summed E-state index contributed by atoms with van der Waals surface area (Å²) in [7, 11) is 0. The third-order valence-corrected chi connectivity index (χ3v) is 4.61. The van der Waals surface area contributed by atoms with E-state index in [4.69, 9.17) is 5.73 Å². The Bertz CT molecular complexity index is 657. The van der Waals surface area contributed by atoms with Gasteiger partial charge >= 0.3 is 0 Å². The number of benzene rings is 1. The lowest BCUT2D eigenvalue weighted by Gasteiger charge is -2.05. The Balaban J connectivity index is 1.70. The van der Waals surface area contributed by atoms with E-state index < -0.39 is 0 Å². The maximum Gasteiger partial charge on any atom is 0.216 e. The molecule has 0 bridgehead atoms. The first-order valence-electron chi connectivity index (χ1n) is 5.89. The van der Waals surface area contributed by atoms with Gasteiger partial charge in [0.1, 0.15) is 0 Å². The van der Waals surface area contributed by atoms with Gasteiger partial charge in [-0.1, -0.05) is 30.8 Å². The quantitative estimate of drug-likeness (QED) is 0.722. The Morgan fingerprint density at radius 1 is 1.37 bits per heavy atom. The number of fused-ring (bicyclic) bond motifs is 1. The number of thiazole rings is 1. The van der Waals surface area contributed by atoms with Gasteiger partial charge in [-0.3, -0.25) is 0 Å². The summed E-state index contributed by atoms with van der Waals surface area (Å²) in [5.74, 6) is 0.356. The van der Waals surface area contributed by atoms with Crippen LogP contribution < -0.4 is 5.73 Å². The molecule has 2 heterocycles. The molecule has 98 valence electrons. The zero-order valence-corrected chi connectivity index (χ0v) is 12.0. The summed E-state index contributed by atoms with van der Waals surface area (Å²) in [6, 6.07) is 8.20. The molecule has 3 N–H and O–H groups in total. The molecular formula is C12H13N5S2. The molecule has 0 radical (unpaired) electrons. The second-order valence-electron chi connectivity index (χ2n) is 4.21. The van der Waals surface area contributed by atoms with Crippen LogP contribution in [0.2, 0.25) is 0 Å². The molecular weight excluding hydrogens is 278 g/mol. The summed E-state index contributed by atoms with van der Waals surface area (Å²) in [6.07, 6.45) is 0.901. The number of nitrogen functional groups attached to an aromatic ring is 1. The van der Waals surface area contributed by atoms with E-state index in [-0.39, 0.29) is 0 Å². The molecule has 19 heavy (non-hydrogen) atoms. The van der Waals surface area contributed by atoms with Gasteiger partial charge < -0.3 is 5.73 Å². The highest BCUT2D eigenvalue weighted by atomic mass is 32.2. The predicted octanol–water partition coefficient (Wildman–Crippen LogP) is 2.72. The predicted molar refractivity (Wildman–Crippen MR) is 79.4 cm³/mol. The summed E-state index contributed by atoms with van der Waals surface area (Å²) in [6.45, 7) is 2.14. The first-order valence-corrected chi connectivity index (χ1v) is 7.59. The zero-order valence-electron chi connectivity index (χ0n) is 10.3. The molecule has 0 aliphatic rings. The maximum atomic E-state index is 5.51. The van der Waals surface area contributed by atoms with Gasteiger partial charge in [0.25, 0.3) is 0 Å². The van der Waals surface area contributed by atoms with Crippen LogP contribution in [0.15, 0.2) is 29.4 Å². The van der Waals surface area contributed by atoms with Crippen molar-refractivity contribution in [3.05, 3.63) is 29.3 Å². The van der Waals surface area contributed by atoms with Crippen molar-refractivity contribution in [1.82, 2.24) is 20.2 Å². The number of hydrogen-bond donors (Lipinski definition) is 2. The first-order chi connectivity index (χ1) is 9.20. The first kappa shape index (κ1) is 12.4. The van der Waals surface area contributed by atoms with E-state index in [0.29, 0.717) is 16.4 Å². The highest BCUT2D eigenvalue weighted by Gasteiger charge is 2.12. The molecule has 0 fully saturated rings. The number of aromatic nitrogens is 4. The molecule has 0 aliphatic carbocycles. The Labute approximate surface area is 118 Å². The van der Waals surface area contributed by atoms with Crippen LogP contribution in [0, 0.1) is 0 Å². The number of aromatic amines is 1. The van der Waals surface area contributed by atoms with E-state index >= 15 is 0 Å². The van der Waals surface area contributed by atoms with Crippen molar-refractivity contribution in [2.75, 3.05) is 5.73 Å². The summed E-state index contributed by atoms with van der Waals surface area (Å²) in [5.41, 5.74) is 6.58. The number of nitrogens with zero attached hydrogens (tertiary/aromatic N) is 3. The van der Waals surface area contributed by atoms with Crippen LogP contribution in [0.3, 0.4) is 0 Å². The molecule has 0 saturated carbocycles. The number of nitrogens with two attached hydrogens (primary N) is 1. The number of rotatable bonds is 4. The van der Waals surface area contributed by atoms with Crippen molar-refractivity contribution in [1.29, 1.82) is 0 Å². The topological polar surface area (TPSA) is 80.5 Å². The van der Waals surface area contributed by atoms with Gasteiger partial charge in [-0.2, -0.15) is 4.98 Å². The van der Waals surface area contributed by atoms with Crippen LogP contribution in [-0.4, -0.2) is 25.4 Å². The number of hydrogen-bond acceptors (Lipinski definition) is 6. The lowest BCUT2D eigenvalue weighted by Crippen LogP contribution is -2.01. The number of H-pyrrole nitrogens is 1. The molecule has 0 unspecified atom stereocenters. The van der Waals surface area contributed by atoms with Crippen LogP contribution >= 0.6 is 23.1 Å². The Morgan fingerprint density at radius 3 is 2.95 bits per heavy atom. The molecule has 3 aromatic rings. The summed E-state index contributed by atoms with van der Waals surface area (Å²) >= 11 is 3.35. The van der Waals surface area contributed by atoms with Crippen molar-refractivity contribution in [2.45, 2.75) is 23.8 Å². The Morgan fingerprint density at radius 2 is 2.21 bits per heavy atom. The molecule has 3 rings (SSSR count). The number of thioether (sulfide) groups is 1. The molecule has 0 saturated heterocycles. The van der Waals surface area contributed by atoms with Gasteiger partial charge in [-0.05, 0) is 12.1 Å². The standard InChI is InChI=1S/C12H13N5S2/c1-7(18-12-15-11(13)16-17-12)6-10-14-8-4-2-3-5-9(8)19-10/h2-5,7H,6H2,1H3,(H3,13,15,16,17)/t7-/m1/s1. The van der Waals surface area contributed by atoms with E-state index in [1.165, 1.54) is 4.70 Å². The van der Waals surface area contributed by atoms with Crippen molar-refractivity contribution in [3.8, 4) is 0 Å². The van der Waals surface area contributed by atoms with E-state index in [1.807, 2.05) is 18.2 Å². The fourth-order valence-electron chi connectivity index (χ4n) is 1.79. The minimum Gasteiger partial charge on any atom is -0.368 e. The van der Waals surface area contributed by atoms with Gasteiger partial charge in [0.2, 0.25) is 11.1 Å². The summed E-state index contributed by atoms with van der Waals surface area (Å²) in [4.78, 5) is 8.72. The highest BCUT2D eigenvalue weighted by Crippen LogP contribution is 2.27. The smallest absolute Gasteiger partial charge is 0.216 e. The van der Waals surface area contributed by atoms with Crippen LogP contribution in [0.1, 0.15) is 11.9 Å². The van der Waals surface area contributed by atoms with Crippen molar-refractivity contribution in [2.24, 2.45) is 0 Å². The largest absolute Gasteiger partial charge is 0.368 e. The number of nitrogens with one attached hydrogen (secondary N) is 1. The van der Waals surface area contributed by atoms with Gasteiger partial charge in [0.05, 0.1) is 15.2 Å². The average molecular weight is 291 g/mol. The molecule has 7 heteroatoms. The molecule has 5 nitrogen and oxygen atoms in total. The summed E-state index contributed by atoms with van der Waals surface area (Å²) in [5, 5.41) is 8.85.